The molecule has 4 nitrogen and oxygen atoms in total. The quantitative estimate of drug-likeness (QED) is 0.891. The Kier molecular flexibility index (Phi) is 3.29. The Hall–Kier alpha value is -2.49. The van der Waals surface area contributed by atoms with Crippen molar-refractivity contribution in [1.29, 1.82) is 0 Å². The third kappa shape index (κ3) is 2.91. The molecule has 0 aromatic heterocycles. The van der Waals surface area contributed by atoms with E-state index in [1.807, 2.05) is 54.6 Å². The number of carbonyl (C=O) groups is 1. The molecule has 1 amide bonds. The molecular weight excluding hydrogens is 254 g/mol. The lowest BCUT2D eigenvalue weighted by Crippen LogP contribution is -2.24. The molecule has 2 aromatic carbocycles. The number of hydrogen-bond donors (Lipinski definition) is 2. The van der Waals surface area contributed by atoms with Gasteiger partial charge in [-0.15, -0.1) is 0 Å². The van der Waals surface area contributed by atoms with E-state index in [-0.39, 0.29) is 12.0 Å². The van der Waals surface area contributed by atoms with Crippen LogP contribution in [0.25, 0.3) is 0 Å². The number of benzene rings is 2. The summed E-state index contributed by atoms with van der Waals surface area (Å²) in [5.74, 6) is 1.87. The zero-order chi connectivity index (χ0) is 13.9. The smallest absolute Gasteiger partial charge is 0.404 e. The fourth-order valence-electron chi connectivity index (χ4n) is 2.29. The average molecular weight is 269 g/mol. The molecule has 2 N–H and O–H groups in total. The van der Waals surface area contributed by atoms with Crippen molar-refractivity contribution in [3.63, 3.8) is 0 Å². The van der Waals surface area contributed by atoms with Gasteiger partial charge < -0.3 is 15.2 Å². The molecule has 0 heterocycles. The van der Waals surface area contributed by atoms with Gasteiger partial charge in [0.25, 0.3) is 0 Å². The number of rotatable bonds is 4. The summed E-state index contributed by atoms with van der Waals surface area (Å²) in [5, 5.41) is 11.2. The highest BCUT2D eigenvalue weighted by molar-refractivity contribution is 5.65. The summed E-state index contributed by atoms with van der Waals surface area (Å²) in [5.41, 5.74) is 1.14. The van der Waals surface area contributed by atoms with Crippen molar-refractivity contribution >= 4 is 6.09 Å². The van der Waals surface area contributed by atoms with Crippen LogP contribution in [0.2, 0.25) is 0 Å². The molecule has 1 saturated carbocycles. The molecule has 1 aliphatic rings. The monoisotopic (exact) mass is 269 g/mol. The minimum atomic E-state index is -0.957. The standard InChI is InChI=1S/C16H15NO3/c18-16(19)17-15-10-14(15)11-6-8-13(9-7-11)20-12-4-2-1-3-5-12/h1-9,14-15,17H,10H2,(H,18,19). The van der Waals surface area contributed by atoms with E-state index < -0.39 is 6.09 Å². The Bertz CT molecular complexity index is 595. The number of ether oxygens (including phenoxy) is 1. The van der Waals surface area contributed by atoms with Gasteiger partial charge in [0.2, 0.25) is 0 Å². The molecule has 2 aromatic rings. The van der Waals surface area contributed by atoms with Gasteiger partial charge in [-0.05, 0) is 36.2 Å². The van der Waals surface area contributed by atoms with Gasteiger partial charge in [-0.3, -0.25) is 0 Å². The van der Waals surface area contributed by atoms with Crippen LogP contribution in [0, 0.1) is 0 Å². The second-order valence-corrected chi connectivity index (χ2v) is 4.88. The van der Waals surface area contributed by atoms with E-state index in [1.54, 1.807) is 0 Å². The van der Waals surface area contributed by atoms with Crippen LogP contribution in [-0.2, 0) is 0 Å². The highest BCUT2D eigenvalue weighted by Gasteiger charge is 2.39. The largest absolute Gasteiger partial charge is 0.465 e. The minimum Gasteiger partial charge on any atom is -0.465 e. The predicted molar refractivity (Wildman–Crippen MR) is 75.3 cm³/mol. The zero-order valence-electron chi connectivity index (χ0n) is 10.8. The van der Waals surface area contributed by atoms with Crippen LogP contribution >= 0.6 is 0 Å². The maximum Gasteiger partial charge on any atom is 0.404 e. The number of hydrogen-bond acceptors (Lipinski definition) is 2. The third-order valence-corrected chi connectivity index (χ3v) is 3.39. The summed E-state index contributed by atoms with van der Waals surface area (Å²) in [6, 6.07) is 17.5. The normalized spacial score (nSPS) is 20.2. The Morgan fingerprint density at radius 3 is 2.35 bits per heavy atom. The van der Waals surface area contributed by atoms with Crippen LogP contribution in [0.4, 0.5) is 4.79 Å². The summed E-state index contributed by atoms with van der Waals surface area (Å²) in [7, 11) is 0. The van der Waals surface area contributed by atoms with Crippen LogP contribution in [0.15, 0.2) is 54.6 Å². The van der Waals surface area contributed by atoms with Gasteiger partial charge in [-0.25, -0.2) is 4.79 Å². The van der Waals surface area contributed by atoms with Crippen molar-refractivity contribution < 1.29 is 14.6 Å². The van der Waals surface area contributed by atoms with Crippen LogP contribution in [0.1, 0.15) is 17.9 Å². The fraction of sp³-hybridized carbons (Fsp3) is 0.188. The van der Waals surface area contributed by atoms with Crippen molar-refractivity contribution in [3.8, 4) is 11.5 Å². The molecule has 2 unspecified atom stereocenters. The minimum absolute atomic E-state index is 0.0494. The molecule has 0 bridgehead atoms. The molecule has 20 heavy (non-hydrogen) atoms. The Balaban J connectivity index is 1.63. The van der Waals surface area contributed by atoms with Crippen LogP contribution in [-0.4, -0.2) is 17.2 Å². The molecule has 0 saturated heterocycles. The highest BCUT2D eigenvalue weighted by atomic mass is 16.5. The van der Waals surface area contributed by atoms with Crippen molar-refractivity contribution in [3.05, 3.63) is 60.2 Å². The van der Waals surface area contributed by atoms with E-state index in [2.05, 4.69) is 5.32 Å². The van der Waals surface area contributed by atoms with Crippen molar-refractivity contribution in [1.82, 2.24) is 5.32 Å². The number of amides is 1. The van der Waals surface area contributed by atoms with E-state index in [9.17, 15) is 4.79 Å². The van der Waals surface area contributed by atoms with Gasteiger partial charge >= 0.3 is 6.09 Å². The first-order valence-electron chi connectivity index (χ1n) is 6.55. The first-order valence-corrected chi connectivity index (χ1v) is 6.55. The van der Waals surface area contributed by atoms with E-state index in [1.165, 1.54) is 0 Å². The lowest BCUT2D eigenvalue weighted by molar-refractivity contribution is 0.193. The molecule has 3 rings (SSSR count). The molecule has 1 fully saturated rings. The van der Waals surface area contributed by atoms with E-state index in [0.29, 0.717) is 0 Å². The molecule has 0 spiro atoms. The molecule has 102 valence electrons. The van der Waals surface area contributed by atoms with Gasteiger partial charge in [0.15, 0.2) is 0 Å². The summed E-state index contributed by atoms with van der Waals surface area (Å²) in [6.07, 6.45) is -0.0907. The van der Waals surface area contributed by atoms with Crippen LogP contribution in [0.3, 0.4) is 0 Å². The van der Waals surface area contributed by atoms with E-state index >= 15 is 0 Å². The number of nitrogens with one attached hydrogen (secondary N) is 1. The first-order chi connectivity index (χ1) is 9.72. The highest BCUT2D eigenvalue weighted by Crippen LogP contribution is 2.41. The fourth-order valence-corrected chi connectivity index (χ4v) is 2.29. The SMILES string of the molecule is O=C(O)NC1CC1c1ccc(Oc2ccccc2)cc1. The summed E-state index contributed by atoms with van der Waals surface area (Å²) in [4.78, 5) is 10.6. The first kappa shape index (κ1) is 12.5. The van der Waals surface area contributed by atoms with Crippen molar-refractivity contribution in [2.75, 3.05) is 0 Å². The Morgan fingerprint density at radius 2 is 1.70 bits per heavy atom. The lowest BCUT2D eigenvalue weighted by Gasteiger charge is -2.06. The summed E-state index contributed by atoms with van der Waals surface area (Å²) in [6.45, 7) is 0. The van der Waals surface area contributed by atoms with Gasteiger partial charge in [0.05, 0.1) is 0 Å². The van der Waals surface area contributed by atoms with Gasteiger partial charge in [-0.1, -0.05) is 30.3 Å². The maximum atomic E-state index is 10.6. The van der Waals surface area contributed by atoms with E-state index in [4.69, 9.17) is 9.84 Å². The Labute approximate surface area is 117 Å². The summed E-state index contributed by atoms with van der Waals surface area (Å²) >= 11 is 0. The second-order valence-electron chi connectivity index (χ2n) is 4.88. The molecule has 0 aliphatic heterocycles. The zero-order valence-corrected chi connectivity index (χ0v) is 10.8. The molecule has 0 radical (unpaired) electrons. The maximum absolute atomic E-state index is 10.6. The number of carboxylic acid groups (broad SMARTS) is 1. The van der Waals surface area contributed by atoms with Gasteiger partial charge in [0.1, 0.15) is 11.5 Å². The Morgan fingerprint density at radius 1 is 1.05 bits per heavy atom. The van der Waals surface area contributed by atoms with E-state index in [0.717, 1.165) is 23.5 Å². The van der Waals surface area contributed by atoms with Crippen LogP contribution < -0.4 is 10.1 Å². The summed E-state index contributed by atoms with van der Waals surface area (Å²) < 4.78 is 5.72. The van der Waals surface area contributed by atoms with Crippen molar-refractivity contribution in [2.24, 2.45) is 0 Å². The van der Waals surface area contributed by atoms with Crippen molar-refractivity contribution in [2.45, 2.75) is 18.4 Å². The topological polar surface area (TPSA) is 58.6 Å². The van der Waals surface area contributed by atoms with Gasteiger partial charge in [0, 0.05) is 12.0 Å². The molecule has 1 aliphatic carbocycles. The lowest BCUT2D eigenvalue weighted by atomic mass is 10.1. The van der Waals surface area contributed by atoms with Crippen LogP contribution in [0.5, 0.6) is 11.5 Å². The van der Waals surface area contributed by atoms with Gasteiger partial charge in [-0.2, -0.15) is 0 Å². The molecule has 2 atom stereocenters. The average Bonchev–Trinajstić information content (AvgIpc) is 3.19. The number of para-hydroxylation sites is 1. The molecule has 4 heteroatoms. The molecular formula is C16H15NO3. The predicted octanol–water partition coefficient (Wildman–Crippen LogP) is 3.60. The second kappa shape index (κ2) is 5.25. The third-order valence-electron chi connectivity index (χ3n) is 3.39.